The Morgan fingerprint density at radius 2 is 2.00 bits per heavy atom. The number of aromatic hydroxyl groups is 1. The molecule has 0 fully saturated rings. The summed E-state index contributed by atoms with van der Waals surface area (Å²) in [6.07, 6.45) is 0. The van der Waals surface area contributed by atoms with Gasteiger partial charge in [-0.25, -0.2) is 4.79 Å². The second-order valence-corrected chi connectivity index (χ2v) is 3.41. The van der Waals surface area contributed by atoms with Crippen LogP contribution in [-0.4, -0.2) is 30.6 Å². The zero-order valence-corrected chi connectivity index (χ0v) is 9.94. The SMILES string of the molecule is CCOC(=O)C(=O)c1cc(C)cc(OC)c1O. The van der Waals surface area contributed by atoms with Gasteiger partial charge in [-0.2, -0.15) is 0 Å². The minimum Gasteiger partial charge on any atom is -0.504 e. The highest BCUT2D eigenvalue weighted by atomic mass is 16.5. The first-order chi connectivity index (χ1) is 8.01. The van der Waals surface area contributed by atoms with Crippen LogP contribution < -0.4 is 4.74 Å². The summed E-state index contributed by atoms with van der Waals surface area (Å²) in [5.41, 5.74) is 0.590. The Morgan fingerprint density at radius 1 is 1.35 bits per heavy atom. The number of esters is 1. The fourth-order valence-electron chi connectivity index (χ4n) is 1.38. The summed E-state index contributed by atoms with van der Waals surface area (Å²) in [4.78, 5) is 23.0. The molecule has 0 saturated heterocycles. The number of aryl methyl sites for hydroxylation is 1. The number of carbonyl (C=O) groups is 2. The normalized spacial score (nSPS) is 9.82. The number of ketones is 1. The van der Waals surface area contributed by atoms with Crippen molar-refractivity contribution in [1.82, 2.24) is 0 Å². The Morgan fingerprint density at radius 3 is 2.53 bits per heavy atom. The molecule has 0 spiro atoms. The molecule has 5 heteroatoms. The molecule has 0 amide bonds. The molecule has 0 aliphatic carbocycles. The quantitative estimate of drug-likeness (QED) is 0.488. The van der Waals surface area contributed by atoms with Crippen LogP contribution in [0.25, 0.3) is 0 Å². The van der Waals surface area contributed by atoms with Gasteiger partial charge in [-0.05, 0) is 31.5 Å². The molecule has 5 nitrogen and oxygen atoms in total. The van der Waals surface area contributed by atoms with Gasteiger partial charge in [0.1, 0.15) is 0 Å². The number of benzene rings is 1. The van der Waals surface area contributed by atoms with E-state index in [1.807, 2.05) is 0 Å². The highest BCUT2D eigenvalue weighted by Gasteiger charge is 2.23. The van der Waals surface area contributed by atoms with Crippen LogP contribution in [0, 0.1) is 6.92 Å². The van der Waals surface area contributed by atoms with Gasteiger partial charge in [0.25, 0.3) is 5.78 Å². The van der Waals surface area contributed by atoms with Gasteiger partial charge in [-0.3, -0.25) is 4.79 Å². The number of phenolic OH excluding ortho intramolecular Hbond substituents is 1. The van der Waals surface area contributed by atoms with Crippen LogP contribution >= 0.6 is 0 Å². The number of rotatable bonds is 4. The van der Waals surface area contributed by atoms with E-state index in [4.69, 9.17) is 4.74 Å². The first-order valence-electron chi connectivity index (χ1n) is 5.10. The van der Waals surface area contributed by atoms with Gasteiger partial charge in [0.05, 0.1) is 19.3 Å². The molecule has 1 aromatic rings. The summed E-state index contributed by atoms with van der Waals surface area (Å²) >= 11 is 0. The van der Waals surface area contributed by atoms with E-state index in [-0.39, 0.29) is 23.7 Å². The number of carbonyl (C=O) groups excluding carboxylic acids is 2. The molecule has 1 rings (SSSR count). The average Bonchev–Trinajstić information content (AvgIpc) is 2.31. The number of Topliss-reactive ketones (excluding diaryl/α,β-unsaturated/α-hetero) is 1. The predicted molar refractivity (Wildman–Crippen MR) is 60.4 cm³/mol. The van der Waals surface area contributed by atoms with Gasteiger partial charge in [-0.1, -0.05) is 0 Å². The van der Waals surface area contributed by atoms with E-state index in [1.165, 1.54) is 13.2 Å². The number of methoxy groups -OCH3 is 1. The minimum absolute atomic E-state index is 0.105. The molecular formula is C12H14O5. The maximum Gasteiger partial charge on any atom is 0.379 e. The maximum atomic E-state index is 11.7. The molecule has 0 bridgehead atoms. The van der Waals surface area contributed by atoms with Gasteiger partial charge >= 0.3 is 5.97 Å². The summed E-state index contributed by atoms with van der Waals surface area (Å²) < 4.78 is 9.49. The van der Waals surface area contributed by atoms with Crippen LogP contribution in [0.5, 0.6) is 11.5 Å². The molecular weight excluding hydrogens is 224 g/mol. The summed E-state index contributed by atoms with van der Waals surface area (Å²) in [6, 6.07) is 2.98. The molecule has 1 N–H and O–H groups in total. The lowest BCUT2D eigenvalue weighted by molar-refractivity contribution is -0.137. The average molecular weight is 238 g/mol. The van der Waals surface area contributed by atoms with E-state index >= 15 is 0 Å². The summed E-state index contributed by atoms with van der Waals surface area (Å²) in [5.74, 6) is -2.07. The Bertz CT molecular complexity index is 450. The monoisotopic (exact) mass is 238 g/mol. The van der Waals surface area contributed by atoms with Crippen LogP contribution in [-0.2, 0) is 9.53 Å². The molecule has 0 aromatic heterocycles. The Kier molecular flexibility index (Phi) is 4.09. The van der Waals surface area contributed by atoms with E-state index in [9.17, 15) is 14.7 Å². The van der Waals surface area contributed by atoms with E-state index in [0.29, 0.717) is 5.56 Å². The van der Waals surface area contributed by atoms with Crippen molar-refractivity contribution in [2.75, 3.05) is 13.7 Å². The molecule has 1 aromatic carbocycles. The topological polar surface area (TPSA) is 72.8 Å². The number of phenols is 1. The molecule has 0 saturated carbocycles. The van der Waals surface area contributed by atoms with Crippen LogP contribution in [0.4, 0.5) is 0 Å². The van der Waals surface area contributed by atoms with Gasteiger partial charge in [0.2, 0.25) is 0 Å². The van der Waals surface area contributed by atoms with E-state index < -0.39 is 11.8 Å². The zero-order valence-electron chi connectivity index (χ0n) is 9.94. The first-order valence-corrected chi connectivity index (χ1v) is 5.10. The van der Waals surface area contributed by atoms with E-state index in [0.717, 1.165) is 0 Å². The van der Waals surface area contributed by atoms with Gasteiger partial charge in [0, 0.05) is 0 Å². The molecule has 92 valence electrons. The summed E-state index contributed by atoms with van der Waals surface area (Å²) in [5, 5.41) is 9.75. The van der Waals surface area contributed by atoms with Crippen molar-refractivity contribution in [3.8, 4) is 11.5 Å². The third kappa shape index (κ3) is 2.75. The van der Waals surface area contributed by atoms with Crippen LogP contribution in [0.2, 0.25) is 0 Å². The third-order valence-corrected chi connectivity index (χ3v) is 2.14. The fourth-order valence-corrected chi connectivity index (χ4v) is 1.38. The zero-order chi connectivity index (χ0) is 13.0. The number of hydrogen-bond donors (Lipinski definition) is 1. The second kappa shape index (κ2) is 5.34. The molecule has 0 heterocycles. The maximum absolute atomic E-state index is 11.7. The largest absolute Gasteiger partial charge is 0.504 e. The van der Waals surface area contributed by atoms with Gasteiger partial charge < -0.3 is 14.6 Å². The lowest BCUT2D eigenvalue weighted by Crippen LogP contribution is -2.18. The van der Waals surface area contributed by atoms with Crippen LogP contribution in [0.15, 0.2) is 12.1 Å². The van der Waals surface area contributed by atoms with Crippen molar-refractivity contribution in [2.24, 2.45) is 0 Å². The third-order valence-electron chi connectivity index (χ3n) is 2.14. The molecule has 0 atom stereocenters. The Labute approximate surface area is 99.0 Å². The van der Waals surface area contributed by atoms with Crippen LogP contribution in [0.3, 0.4) is 0 Å². The minimum atomic E-state index is -0.990. The first kappa shape index (κ1) is 13.0. The number of hydrogen-bond acceptors (Lipinski definition) is 5. The lowest BCUT2D eigenvalue weighted by atomic mass is 10.1. The summed E-state index contributed by atoms with van der Waals surface area (Å²) in [6.45, 7) is 3.43. The predicted octanol–water partition coefficient (Wildman–Crippen LogP) is 1.46. The highest BCUT2D eigenvalue weighted by molar-refractivity contribution is 6.41. The van der Waals surface area contributed by atoms with Crippen molar-refractivity contribution in [1.29, 1.82) is 0 Å². The van der Waals surface area contributed by atoms with Crippen molar-refractivity contribution in [3.63, 3.8) is 0 Å². The summed E-state index contributed by atoms with van der Waals surface area (Å²) in [7, 11) is 1.37. The lowest BCUT2D eigenvalue weighted by Gasteiger charge is -2.09. The molecule has 0 aliphatic heterocycles. The number of ether oxygens (including phenoxy) is 2. The van der Waals surface area contributed by atoms with Crippen molar-refractivity contribution in [3.05, 3.63) is 23.3 Å². The smallest absolute Gasteiger partial charge is 0.379 e. The molecule has 0 aliphatic rings. The second-order valence-electron chi connectivity index (χ2n) is 3.41. The van der Waals surface area contributed by atoms with Gasteiger partial charge in [-0.15, -0.1) is 0 Å². The molecule has 17 heavy (non-hydrogen) atoms. The fraction of sp³-hybridized carbons (Fsp3) is 0.333. The van der Waals surface area contributed by atoms with Gasteiger partial charge in [0.15, 0.2) is 11.5 Å². The van der Waals surface area contributed by atoms with E-state index in [2.05, 4.69) is 4.74 Å². The van der Waals surface area contributed by atoms with Crippen molar-refractivity contribution in [2.45, 2.75) is 13.8 Å². The highest BCUT2D eigenvalue weighted by Crippen LogP contribution is 2.31. The Balaban J connectivity index is 3.17. The van der Waals surface area contributed by atoms with Crippen molar-refractivity contribution >= 4 is 11.8 Å². The van der Waals surface area contributed by atoms with E-state index in [1.54, 1.807) is 19.9 Å². The molecule has 0 unspecified atom stereocenters. The Hall–Kier alpha value is -2.04. The standard InChI is InChI=1S/C12H14O5/c1-4-17-12(15)11(14)8-5-7(2)6-9(16-3)10(8)13/h5-6,13H,4H2,1-3H3. The van der Waals surface area contributed by atoms with Crippen LogP contribution in [0.1, 0.15) is 22.8 Å². The van der Waals surface area contributed by atoms with Crippen molar-refractivity contribution < 1.29 is 24.2 Å². The molecule has 0 radical (unpaired) electrons.